The summed E-state index contributed by atoms with van der Waals surface area (Å²) in [5.41, 5.74) is 4.97. The van der Waals surface area contributed by atoms with Crippen molar-refractivity contribution in [3.05, 3.63) is 149 Å². The number of para-hydroxylation sites is 1. The van der Waals surface area contributed by atoms with Crippen molar-refractivity contribution in [3.63, 3.8) is 0 Å². The smallest absolute Gasteiger partial charge is 0.331 e. The minimum Gasteiger partial charge on any atom is -0.452 e. The van der Waals surface area contributed by atoms with Crippen LogP contribution in [0.3, 0.4) is 0 Å². The summed E-state index contributed by atoms with van der Waals surface area (Å²) in [6.45, 7) is -0.410. The Morgan fingerprint density at radius 2 is 1.40 bits per heavy atom. The zero-order valence-electron chi connectivity index (χ0n) is 21.5. The standard InChI is InChI=1S/C33H26ClN3O3/c34-28-19-16-26(17-20-28)33-27(22-37(36-33)29-14-8-3-9-15-29)18-21-31(39)40-23-30(38)35-32(24-10-4-1-5-11-24)25-12-6-2-7-13-25/h1-22,32H,23H2,(H,35,38). The molecule has 1 amide bonds. The molecule has 0 saturated heterocycles. The normalized spacial score (nSPS) is 11.1. The fourth-order valence-corrected chi connectivity index (χ4v) is 4.38. The second kappa shape index (κ2) is 12.7. The molecule has 0 spiro atoms. The average Bonchev–Trinajstić information content (AvgIpc) is 3.44. The molecule has 1 aromatic heterocycles. The summed E-state index contributed by atoms with van der Waals surface area (Å²) in [5.74, 6) is -1.04. The van der Waals surface area contributed by atoms with Crippen LogP contribution in [0, 0.1) is 0 Å². The van der Waals surface area contributed by atoms with Crippen molar-refractivity contribution < 1.29 is 14.3 Å². The van der Waals surface area contributed by atoms with Crippen LogP contribution in [-0.2, 0) is 14.3 Å². The zero-order valence-corrected chi connectivity index (χ0v) is 22.2. The topological polar surface area (TPSA) is 73.2 Å². The highest BCUT2D eigenvalue weighted by Gasteiger charge is 2.17. The lowest BCUT2D eigenvalue weighted by Gasteiger charge is -2.19. The van der Waals surface area contributed by atoms with Gasteiger partial charge in [-0.05, 0) is 41.5 Å². The van der Waals surface area contributed by atoms with Gasteiger partial charge in [-0.3, -0.25) is 4.79 Å². The average molecular weight is 548 g/mol. The molecule has 0 fully saturated rings. The summed E-state index contributed by atoms with van der Waals surface area (Å²) in [6, 6.07) is 35.9. The molecule has 0 unspecified atom stereocenters. The van der Waals surface area contributed by atoms with E-state index in [0.29, 0.717) is 16.3 Å². The van der Waals surface area contributed by atoms with Crippen LogP contribution in [0.4, 0.5) is 0 Å². The van der Waals surface area contributed by atoms with Gasteiger partial charge in [-0.1, -0.05) is 103 Å². The Bertz CT molecular complexity index is 1560. The van der Waals surface area contributed by atoms with Gasteiger partial charge < -0.3 is 10.1 Å². The first-order valence-corrected chi connectivity index (χ1v) is 13.1. The lowest BCUT2D eigenvalue weighted by atomic mass is 9.99. The minimum atomic E-state index is -0.638. The van der Waals surface area contributed by atoms with E-state index < -0.39 is 18.5 Å². The van der Waals surface area contributed by atoms with Gasteiger partial charge in [0.05, 0.1) is 17.4 Å². The number of benzene rings is 4. The van der Waals surface area contributed by atoms with Gasteiger partial charge >= 0.3 is 5.97 Å². The number of carbonyl (C=O) groups is 2. The van der Waals surface area contributed by atoms with E-state index in [4.69, 9.17) is 21.4 Å². The van der Waals surface area contributed by atoms with Crippen LogP contribution >= 0.6 is 11.6 Å². The van der Waals surface area contributed by atoms with Gasteiger partial charge in [0.1, 0.15) is 0 Å². The largest absolute Gasteiger partial charge is 0.452 e. The van der Waals surface area contributed by atoms with Crippen LogP contribution in [0.5, 0.6) is 0 Å². The number of ether oxygens (including phenoxy) is 1. The van der Waals surface area contributed by atoms with E-state index >= 15 is 0 Å². The van der Waals surface area contributed by atoms with Gasteiger partial charge in [-0.15, -0.1) is 0 Å². The Kier molecular flexibility index (Phi) is 8.49. The summed E-state index contributed by atoms with van der Waals surface area (Å²) >= 11 is 6.07. The molecule has 0 aliphatic heterocycles. The molecule has 6 nitrogen and oxygen atoms in total. The minimum absolute atomic E-state index is 0.366. The summed E-state index contributed by atoms with van der Waals surface area (Å²) in [4.78, 5) is 25.4. The molecular formula is C33H26ClN3O3. The van der Waals surface area contributed by atoms with Gasteiger partial charge in [-0.25, -0.2) is 9.48 Å². The SMILES string of the molecule is O=C(COC(=O)C=Cc1cn(-c2ccccc2)nc1-c1ccc(Cl)cc1)NC(c1ccccc1)c1ccccc1. The molecule has 0 saturated carbocycles. The monoisotopic (exact) mass is 547 g/mol. The maximum absolute atomic E-state index is 12.8. The number of carbonyl (C=O) groups excluding carboxylic acids is 2. The fourth-order valence-electron chi connectivity index (χ4n) is 4.25. The highest BCUT2D eigenvalue weighted by atomic mass is 35.5. The third-order valence-corrected chi connectivity index (χ3v) is 6.45. The van der Waals surface area contributed by atoms with Crippen molar-refractivity contribution in [1.29, 1.82) is 0 Å². The Labute approximate surface area is 237 Å². The van der Waals surface area contributed by atoms with E-state index in [0.717, 1.165) is 22.4 Å². The van der Waals surface area contributed by atoms with Gasteiger partial charge in [0.15, 0.2) is 6.61 Å². The molecule has 7 heteroatoms. The number of hydrogen-bond donors (Lipinski definition) is 1. The van der Waals surface area contributed by atoms with E-state index in [-0.39, 0.29) is 6.04 Å². The Balaban J connectivity index is 1.28. The first-order valence-electron chi connectivity index (χ1n) is 12.7. The molecule has 5 aromatic rings. The second-order valence-corrected chi connectivity index (χ2v) is 9.42. The van der Waals surface area contributed by atoms with E-state index in [9.17, 15) is 9.59 Å². The molecule has 1 heterocycles. The Morgan fingerprint density at radius 1 is 0.825 bits per heavy atom. The van der Waals surface area contributed by atoms with Crippen molar-refractivity contribution >= 4 is 29.6 Å². The zero-order chi connectivity index (χ0) is 27.7. The molecule has 0 aliphatic rings. The number of esters is 1. The molecule has 0 bridgehead atoms. The van der Waals surface area contributed by atoms with Gasteiger partial charge in [-0.2, -0.15) is 5.10 Å². The second-order valence-electron chi connectivity index (χ2n) is 8.98. The Hall–Kier alpha value is -4.94. The number of nitrogens with one attached hydrogen (secondary N) is 1. The first kappa shape index (κ1) is 26.7. The molecule has 4 aromatic carbocycles. The molecule has 198 valence electrons. The summed E-state index contributed by atoms with van der Waals surface area (Å²) in [5, 5.41) is 8.32. The number of nitrogens with zero attached hydrogens (tertiary/aromatic N) is 2. The quantitative estimate of drug-likeness (QED) is 0.165. The molecule has 0 aliphatic carbocycles. The Morgan fingerprint density at radius 3 is 2.00 bits per heavy atom. The van der Waals surface area contributed by atoms with Crippen molar-refractivity contribution in [2.75, 3.05) is 6.61 Å². The highest BCUT2D eigenvalue weighted by molar-refractivity contribution is 6.30. The van der Waals surface area contributed by atoms with Gasteiger partial charge in [0.25, 0.3) is 5.91 Å². The van der Waals surface area contributed by atoms with Crippen LogP contribution < -0.4 is 5.32 Å². The lowest BCUT2D eigenvalue weighted by molar-refractivity contribution is -0.143. The predicted octanol–water partition coefficient (Wildman–Crippen LogP) is 6.65. The summed E-state index contributed by atoms with van der Waals surface area (Å²) < 4.78 is 7.01. The summed E-state index contributed by atoms with van der Waals surface area (Å²) in [7, 11) is 0. The summed E-state index contributed by atoms with van der Waals surface area (Å²) in [6.07, 6.45) is 4.76. The maximum atomic E-state index is 12.8. The number of hydrogen-bond acceptors (Lipinski definition) is 4. The van der Waals surface area contributed by atoms with Crippen molar-refractivity contribution in [2.45, 2.75) is 6.04 Å². The molecular weight excluding hydrogens is 522 g/mol. The van der Waals surface area contributed by atoms with Crippen LogP contribution in [-0.4, -0.2) is 28.3 Å². The van der Waals surface area contributed by atoms with Crippen LogP contribution in [0.1, 0.15) is 22.7 Å². The number of rotatable bonds is 9. The van der Waals surface area contributed by atoms with E-state index in [1.54, 1.807) is 22.9 Å². The van der Waals surface area contributed by atoms with E-state index in [1.807, 2.05) is 109 Å². The van der Waals surface area contributed by atoms with Crippen molar-refractivity contribution in [1.82, 2.24) is 15.1 Å². The number of amides is 1. The van der Waals surface area contributed by atoms with Crippen molar-refractivity contribution in [3.8, 4) is 16.9 Å². The third-order valence-electron chi connectivity index (χ3n) is 6.20. The lowest BCUT2D eigenvalue weighted by Crippen LogP contribution is -2.32. The fraction of sp³-hybridized carbons (Fsp3) is 0.0606. The van der Waals surface area contributed by atoms with E-state index in [2.05, 4.69) is 5.32 Å². The molecule has 5 rings (SSSR count). The molecule has 0 radical (unpaired) electrons. The first-order chi connectivity index (χ1) is 19.6. The number of halogens is 1. The molecule has 1 N–H and O–H groups in total. The van der Waals surface area contributed by atoms with Crippen molar-refractivity contribution in [2.24, 2.45) is 0 Å². The van der Waals surface area contributed by atoms with Crippen LogP contribution in [0.15, 0.2) is 128 Å². The number of aromatic nitrogens is 2. The van der Waals surface area contributed by atoms with Gasteiger partial charge in [0.2, 0.25) is 0 Å². The predicted molar refractivity (Wildman–Crippen MR) is 157 cm³/mol. The van der Waals surface area contributed by atoms with Crippen LogP contribution in [0.2, 0.25) is 5.02 Å². The highest BCUT2D eigenvalue weighted by Crippen LogP contribution is 2.26. The van der Waals surface area contributed by atoms with Crippen LogP contribution in [0.25, 0.3) is 23.0 Å². The van der Waals surface area contributed by atoms with E-state index in [1.165, 1.54) is 6.08 Å². The molecule has 40 heavy (non-hydrogen) atoms. The van der Waals surface area contributed by atoms with Gasteiger partial charge in [0, 0.05) is 28.4 Å². The molecule has 0 atom stereocenters. The maximum Gasteiger partial charge on any atom is 0.331 e. The third kappa shape index (κ3) is 6.73.